The zero-order valence-electron chi connectivity index (χ0n) is 11.4. The number of hydrogen-bond acceptors (Lipinski definition) is 2. The van der Waals surface area contributed by atoms with Crippen LogP contribution in [-0.2, 0) is 0 Å². The van der Waals surface area contributed by atoms with Crippen molar-refractivity contribution < 1.29 is 4.79 Å². The number of carbonyl (C=O) groups is 1. The van der Waals surface area contributed by atoms with Crippen molar-refractivity contribution in [1.82, 2.24) is 4.98 Å². The van der Waals surface area contributed by atoms with Crippen molar-refractivity contribution in [2.24, 2.45) is 0 Å². The van der Waals surface area contributed by atoms with Gasteiger partial charge in [0.15, 0.2) is 0 Å². The maximum absolute atomic E-state index is 12.3. The summed E-state index contributed by atoms with van der Waals surface area (Å²) in [5, 5.41) is 4.22. The topological polar surface area (TPSA) is 42.0 Å². The van der Waals surface area contributed by atoms with Gasteiger partial charge in [0.1, 0.15) is 5.69 Å². The van der Waals surface area contributed by atoms with Crippen molar-refractivity contribution in [1.29, 1.82) is 0 Å². The highest BCUT2D eigenvalue weighted by molar-refractivity contribution is 6.35. The maximum Gasteiger partial charge on any atom is 0.274 e. The molecule has 3 nitrogen and oxygen atoms in total. The van der Waals surface area contributed by atoms with Gasteiger partial charge in [-0.3, -0.25) is 4.79 Å². The molecule has 21 heavy (non-hydrogen) atoms. The van der Waals surface area contributed by atoms with Gasteiger partial charge in [-0.1, -0.05) is 48.0 Å². The molecule has 0 saturated heterocycles. The summed E-state index contributed by atoms with van der Waals surface area (Å²) >= 11 is 6.22. The van der Waals surface area contributed by atoms with E-state index < -0.39 is 0 Å². The Morgan fingerprint density at radius 1 is 1.10 bits per heavy atom. The number of hydrogen-bond donors (Lipinski definition) is 1. The minimum atomic E-state index is -0.267. The number of nitrogens with zero attached hydrogens (tertiary/aromatic N) is 1. The van der Waals surface area contributed by atoms with E-state index in [0.29, 0.717) is 16.2 Å². The lowest BCUT2D eigenvalue weighted by molar-refractivity contribution is 0.102. The molecule has 0 aliphatic heterocycles. The molecule has 3 aromatic rings. The van der Waals surface area contributed by atoms with Crippen LogP contribution in [-0.4, -0.2) is 10.9 Å². The normalized spacial score (nSPS) is 10.6. The molecular weight excluding hydrogens is 284 g/mol. The van der Waals surface area contributed by atoms with Gasteiger partial charge in [-0.15, -0.1) is 0 Å². The van der Waals surface area contributed by atoms with E-state index in [-0.39, 0.29) is 5.91 Å². The Balaban J connectivity index is 1.97. The van der Waals surface area contributed by atoms with E-state index in [0.717, 1.165) is 16.6 Å². The maximum atomic E-state index is 12.3. The highest BCUT2D eigenvalue weighted by atomic mass is 35.5. The number of rotatable bonds is 2. The van der Waals surface area contributed by atoms with Crippen LogP contribution in [0.5, 0.6) is 0 Å². The molecule has 0 atom stereocenters. The average molecular weight is 297 g/mol. The SMILES string of the molecule is Cc1ccccc1NC(=O)c1cc(Cl)c2ccccc2n1. The molecule has 0 spiro atoms. The molecule has 1 aromatic heterocycles. The number of fused-ring (bicyclic) bond motifs is 1. The zero-order chi connectivity index (χ0) is 14.8. The van der Waals surface area contributed by atoms with Crippen LogP contribution in [0.3, 0.4) is 0 Å². The van der Waals surface area contributed by atoms with Gasteiger partial charge in [-0.25, -0.2) is 4.98 Å². The van der Waals surface area contributed by atoms with Crippen LogP contribution in [0, 0.1) is 6.92 Å². The van der Waals surface area contributed by atoms with Crippen molar-refractivity contribution >= 4 is 34.1 Å². The average Bonchev–Trinajstić information content (AvgIpc) is 2.49. The first-order valence-corrected chi connectivity index (χ1v) is 6.95. The highest BCUT2D eigenvalue weighted by Gasteiger charge is 2.12. The predicted octanol–water partition coefficient (Wildman–Crippen LogP) is 4.45. The molecule has 2 aromatic carbocycles. The summed E-state index contributed by atoms with van der Waals surface area (Å²) in [5.41, 5.74) is 2.79. The number of amides is 1. The summed E-state index contributed by atoms with van der Waals surface area (Å²) in [6.45, 7) is 1.94. The molecule has 3 rings (SSSR count). The smallest absolute Gasteiger partial charge is 0.274 e. The molecule has 4 heteroatoms. The standard InChI is InChI=1S/C17H13ClN2O/c1-11-6-2-4-8-14(11)20-17(21)16-10-13(18)12-7-3-5-9-15(12)19-16/h2-10H,1H3,(H,20,21). The number of anilines is 1. The Kier molecular flexibility index (Phi) is 3.59. The van der Waals surface area contributed by atoms with Gasteiger partial charge in [0.25, 0.3) is 5.91 Å². The number of aromatic nitrogens is 1. The Hall–Kier alpha value is -2.39. The van der Waals surface area contributed by atoms with E-state index in [1.54, 1.807) is 6.07 Å². The molecule has 1 amide bonds. The lowest BCUT2D eigenvalue weighted by Crippen LogP contribution is -2.14. The van der Waals surface area contributed by atoms with E-state index in [2.05, 4.69) is 10.3 Å². The summed E-state index contributed by atoms with van der Waals surface area (Å²) in [4.78, 5) is 16.7. The van der Waals surface area contributed by atoms with Crippen LogP contribution in [0.15, 0.2) is 54.6 Å². The summed E-state index contributed by atoms with van der Waals surface area (Å²) in [6, 6.07) is 16.7. The highest BCUT2D eigenvalue weighted by Crippen LogP contribution is 2.23. The molecule has 1 heterocycles. The van der Waals surface area contributed by atoms with Crippen LogP contribution in [0.1, 0.15) is 16.1 Å². The number of halogens is 1. The predicted molar refractivity (Wildman–Crippen MR) is 85.9 cm³/mol. The summed E-state index contributed by atoms with van der Waals surface area (Å²) < 4.78 is 0. The van der Waals surface area contributed by atoms with E-state index in [1.807, 2.05) is 55.5 Å². The molecule has 0 fully saturated rings. The van der Waals surface area contributed by atoms with Gasteiger partial charge in [0, 0.05) is 11.1 Å². The third kappa shape index (κ3) is 2.73. The van der Waals surface area contributed by atoms with E-state index in [4.69, 9.17) is 11.6 Å². The Bertz CT molecular complexity index is 830. The molecule has 0 radical (unpaired) electrons. The second kappa shape index (κ2) is 5.54. The van der Waals surface area contributed by atoms with Gasteiger partial charge in [-0.05, 0) is 30.7 Å². The lowest BCUT2D eigenvalue weighted by Gasteiger charge is -2.09. The second-order valence-corrected chi connectivity index (χ2v) is 5.18. The first-order valence-electron chi connectivity index (χ1n) is 6.57. The molecule has 104 valence electrons. The molecule has 0 saturated carbocycles. The Morgan fingerprint density at radius 2 is 1.81 bits per heavy atom. The fourth-order valence-corrected chi connectivity index (χ4v) is 2.41. The monoisotopic (exact) mass is 296 g/mol. The summed E-state index contributed by atoms with van der Waals surface area (Å²) in [7, 11) is 0. The van der Waals surface area contributed by atoms with Crippen LogP contribution in [0.2, 0.25) is 5.02 Å². The molecule has 1 N–H and O–H groups in total. The fourth-order valence-electron chi connectivity index (χ4n) is 2.15. The van der Waals surface area contributed by atoms with Gasteiger partial charge >= 0.3 is 0 Å². The van der Waals surface area contributed by atoms with Gasteiger partial charge in [0.05, 0.1) is 10.5 Å². The van der Waals surface area contributed by atoms with E-state index in [9.17, 15) is 4.79 Å². The second-order valence-electron chi connectivity index (χ2n) is 4.78. The summed E-state index contributed by atoms with van der Waals surface area (Å²) in [5.74, 6) is -0.267. The van der Waals surface area contributed by atoms with Crippen LogP contribution >= 0.6 is 11.6 Å². The van der Waals surface area contributed by atoms with Crippen LogP contribution in [0.25, 0.3) is 10.9 Å². The zero-order valence-corrected chi connectivity index (χ0v) is 12.2. The third-order valence-corrected chi connectivity index (χ3v) is 3.60. The molecular formula is C17H13ClN2O. The van der Waals surface area contributed by atoms with Crippen molar-refractivity contribution in [2.45, 2.75) is 6.92 Å². The first-order chi connectivity index (χ1) is 10.1. The Morgan fingerprint density at radius 3 is 2.62 bits per heavy atom. The number of benzene rings is 2. The third-order valence-electron chi connectivity index (χ3n) is 3.29. The van der Waals surface area contributed by atoms with Crippen molar-refractivity contribution in [3.8, 4) is 0 Å². The number of carbonyl (C=O) groups excluding carboxylic acids is 1. The number of nitrogens with one attached hydrogen (secondary N) is 1. The molecule has 0 bridgehead atoms. The van der Waals surface area contributed by atoms with Crippen LogP contribution in [0.4, 0.5) is 5.69 Å². The molecule has 0 unspecified atom stereocenters. The minimum Gasteiger partial charge on any atom is -0.320 e. The summed E-state index contributed by atoms with van der Waals surface area (Å²) in [6.07, 6.45) is 0. The van der Waals surface area contributed by atoms with Crippen molar-refractivity contribution in [2.75, 3.05) is 5.32 Å². The lowest BCUT2D eigenvalue weighted by atomic mass is 10.2. The van der Waals surface area contributed by atoms with Gasteiger partial charge < -0.3 is 5.32 Å². The van der Waals surface area contributed by atoms with E-state index in [1.165, 1.54) is 0 Å². The fraction of sp³-hybridized carbons (Fsp3) is 0.0588. The Labute approximate surface area is 127 Å². The quantitative estimate of drug-likeness (QED) is 0.759. The van der Waals surface area contributed by atoms with Gasteiger partial charge in [-0.2, -0.15) is 0 Å². The number of pyridine rings is 1. The largest absolute Gasteiger partial charge is 0.320 e. The van der Waals surface area contributed by atoms with E-state index >= 15 is 0 Å². The first kappa shape index (κ1) is 13.6. The minimum absolute atomic E-state index is 0.267. The number of para-hydroxylation sites is 2. The number of aryl methyl sites for hydroxylation is 1. The van der Waals surface area contributed by atoms with Crippen molar-refractivity contribution in [3.05, 3.63) is 70.9 Å². The van der Waals surface area contributed by atoms with Gasteiger partial charge in [0.2, 0.25) is 0 Å². The van der Waals surface area contributed by atoms with Crippen LogP contribution < -0.4 is 5.32 Å². The van der Waals surface area contributed by atoms with Crippen molar-refractivity contribution in [3.63, 3.8) is 0 Å². The molecule has 0 aliphatic carbocycles. The molecule has 0 aliphatic rings.